The molecular formula is C19H18Cl2N4O3S2. The summed E-state index contributed by atoms with van der Waals surface area (Å²) in [5.74, 6) is -0.160. The highest BCUT2D eigenvalue weighted by Crippen LogP contribution is 2.24. The van der Waals surface area contributed by atoms with Gasteiger partial charge in [-0.1, -0.05) is 53.2 Å². The smallest absolute Gasteiger partial charge is 0.234 e. The van der Waals surface area contributed by atoms with Gasteiger partial charge in [-0.2, -0.15) is 0 Å². The van der Waals surface area contributed by atoms with E-state index in [1.807, 2.05) is 6.92 Å². The predicted molar refractivity (Wildman–Crippen MR) is 119 cm³/mol. The summed E-state index contributed by atoms with van der Waals surface area (Å²) in [6, 6.07) is 12.9. The van der Waals surface area contributed by atoms with Crippen molar-refractivity contribution in [3.05, 3.63) is 64.4 Å². The van der Waals surface area contributed by atoms with Gasteiger partial charge in [0.25, 0.3) is 0 Å². The predicted octanol–water partition coefficient (Wildman–Crippen LogP) is 4.31. The van der Waals surface area contributed by atoms with Crippen molar-refractivity contribution in [1.82, 2.24) is 14.8 Å². The van der Waals surface area contributed by atoms with Crippen LogP contribution in [-0.4, -0.2) is 34.8 Å². The van der Waals surface area contributed by atoms with Gasteiger partial charge in [0.05, 0.1) is 10.6 Å². The summed E-state index contributed by atoms with van der Waals surface area (Å²) >= 11 is 13.0. The summed E-state index contributed by atoms with van der Waals surface area (Å²) in [6.07, 6.45) is 0. The summed E-state index contributed by atoms with van der Waals surface area (Å²) in [5.41, 5.74) is 0.490. The minimum Gasteiger partial charge on any atom is -0.325 e. The number of sulfone groups is 1. The van der Waals surface area contributed by atoms with Crippen LogP contribution in [0.1, 0.15) is 12.7 Å². The average Bonchev–Trinajstić information content (AvgIpc) is 3.07. The van der Waals surface area contributed by atoms with E-state index in [-0.39, 0.29) is 22.3 Å². The molecule has 3 rings (SSSR count). The van der Waals surface area contributed by atoms with E-state index < -0.39 is 9.84 Å². The van der Waals surface area contributed by atoms with E-state index in [0.717, 1.165) is 0 Å². The number of hydrogen-bond donors (Lipinski definition) is 1. The summed E-state index contributed by atoms with van der Waals surface area (Å²) in [6.45, 7) is 2.33. The third-order valence-corrected chi connectivity index (χ3v) is 7.04. The van der Waals surface area contributed by atoms with Crippen molar-refractivity contribution in [2.24, 2.45) is 0 Å². The number of hydrogen-bond acceptors (Lipinski definition) is 6. The Morgan fingerprint density at radius 3 is 2.40 bits per heavy atom. The molecule has 0 aliphatic rings. The Morgan fingerprint density at radius 2 is 1.77 bits per heavy atom. The molecule has 3 aromatic rings. The first-order chi connectivity index (χ1) is 14.3. The highest BCUT2D eigenvalue weighted by atomic mass is 35.5. The Labute approximate surface area is 188 Å². The van der Waals surface area contributed by atoms with E-state index in [1.165, 1.54) is 11.8 Å². The summed E-state index contributed by atoms with van der Waals surface area (Å²) in [5, 5.41) is 12.1. The Balaban J connectivity index is 1.67. The molecule has 0 atom stereocenters. The normalized spacial score (nSPS) is 11.4. The zero-order valence-corrected chi connectivity index (χ0v) is 19.0. The fourth-order valence-corrected chi connectivity index (χ4v) is 5.32. The summed E-state index contributed by atoms with van der Waals surface area (Å²) < 4.78 is 26.9. The molecule has 0 saturated carbocycles. The number of halogens is 2. The van der Waals surface area contributed by atoms with Crippen LogP contribution in [0, 0.1) is 0 Å². The molecule has 30 heavy (non-hydrogen) atoms. The van der Waals surface area contributed by atoms with Crippen LogP contribution in [0.5, 0.6) is 0 Å². The average molecular weight is 485 g/mol. The summed E-state index contributed by atoms with van der Waals surface area (Å²) in [4.78, 5) is 12.5. The number of carbonyl (C=O) groups is 1. The van der Waals surface area contributed by atoms with Crippen molar-refractivity contribution in [1.29, 1.82) is 0 Å². The number of carbonyl (C=O) groups excluding carboxylic acids is 1. The molecule has 0 radical (unpaired) electrons. The Morgan fingerprint density at radius 1 is 1.10 bits per heavy atom. The van der Waals surface area contributed by atoms with Gasteiger partial charge in [0.2, 0.25) is 5.91 Å². The molecule has 2 aromatic carbocycles. The maximum absolute atomic E-state index is 12.6. The summed E-state index contributed by atoms with van der Waals surface area (Å²) in [7, 11) is -3.55. The number of anilines is 1. The molecule has 1 amide bonds. The van der Waals surface area contributed by atoms with E-state index in [9.17, 15) is 13.2 Å². The molecule has 0 saturated heterocycles. The van der Waals surface area contributed by atoms with Gasteiger partial charge in [-0.3, -0.25) is 4.79 Å². The molecular weight excluding hydrogens is 467 g/mol. The first-order valence-corrected chi connectivity index (χ1v) is 12.3. The largest absolute Gasteiger partial charge is 0.325 e. The molecule has 0 unspecified atom stereocenters. The second-order valence-electron chi connectivity index (χ2n) is 6.21. The lowest BCUT2D eigenvalue weighted by molar-refractivity contribution is -0.113. The topological polar surface area (TPSA) is 93.9 Å². The molecule has 158 valence electrons. The van der Waals surface area contributed by atoms with E-state index >= 15 is 0 Å². The van der Waals surface area contributed by atoms with Crippen LogP contribution in [0.3, 0.4) is 0 Å². The fraction of sp³-hybridized carbons (Fsp3) is 0.211. The zero-order valence-electron chi connectivity index (χ0n) is 15.9. The van der Waals surface area contributed by atoms with Gasteiger partial charge >= 0.3 is 0 Å². The van der Waals surface area contributed by atoms with Crippen LogP contribution in [-0.2, 0) is 26.9 Å². The van der Waals surface area contributed by atoms with E-state index in [1.54, 1.807) is 53.1 Å². The Kier molecular flexibility index (Phi) is 7.41. The van der Waals surface area contributed by atoms with Crippen molar-refractivity contribution in [2.75, 3.05) is 11.1 Å². The van der Waals surface area contributed by atoms with Gasteiger partial charge < -0.3 is 9.88 Å². The quantitative estimate of drug-likeness (QED) is 0.478. The monoisotopic (exact) mass is 484 g/mol. The second kappa shape index (κ2) is 9.82. The molecule has 0 bridgehead atoms. The van der Waals surface area contributed by atoms with Crippen molar-refractivity contribution in [2.45, 2.75) is 29.3 Å². The van der Waals surface area contributed by atoms with Crippen LogP contribution in [0.25, 0.3) is 0 Å². The highest BCUT2D eigenvalue weighted by Gasteiger charge is 2.21. The van der Waals surface area contributed by atoms with Crippen molar-refractivity contribution in [3.63, 3.8) is 0 Å². The van der Waals surface area contributed by atoms with Gasteiger partial charge in [-0.15, -0.1) is 10.2 Å². The standard InChI is InChI=1S/C19H18Cl2N4O3S2/c1-2-25-17(12-30(27,28)16-6-4-3-5-7-16)23-24-19(25)29-11-18(26)22-15-9-13(20)8-14(21)10-15/h3-10H,2,11-12H2,1H3,(H,22,26). The van der Waals surface area contributed by atoms with Crippen LogP contribution in [0.15, 0.2) is 58.6 Å². The highest BCUT2D eigenvalue weighted by molar-refractivity contribution is 7.99. The first kappa shape index (κ1) is 22.6. The van der Waals surface area contributed by atoms with Crippen molar-refractivity contribution >= 4 is 56.4 Å². The number of benzene rings is 2. The van der Waals surface area contributed by atoms with Crippen LogP contribution >= 0.6 is 35.0 Å². The minimum absolute atomic E-state index is 0.0632. The number of nitrogens with zero attached hydrogens (tertiary/aromatic N) is 3. The van der Waals surface area contributed by atoms with Crippen LogP contribution < -0.4 is 5.32 Å². The zero-order chi connectivity index (χ0) is 21.7. The fourth-order valence-electron chi connectivity index (χ4n) is 2.68. The third kappa shape index (κ3) is 5.75. The Bertz CT molecular complexity index is 1130. The number of amides is 1. The lowest BCUT2D eigenvalue weighted by Gasteiger charge is -2.09. The lowest BCUT2D eigenvalue weighted by atomic mass is 10.3. The maximum Gasteiger partial charge on any atom is 0.234 e. The number of thioether (sulfide) groups is 1. The van der Waals surface area contributed by atoms with Gasteiger partial charge in [0, 0.05) is 22.3 Å². The SMILES string of the molecule is CCn1c(CS(=O)(=O)c2ccccc2)nnc1SCC(=O)Nc1cc(Cl)cc(Cl)c1. The molecule has 0 fully saturated rings. The van der Waals surface area contributed by atoms with Gasteiger partial charge in [0.1, 0.15) is 11.6 Å². The number of aromatic nitrogens is 3. The minimum atomic E-state index is -3.55. The first-order valence-electron chi connectivity index (χ1n) is 8.87. The number of rotatable bonds is 8. The Hall–Kier alpha value is -2.07. The van der Waals surface area contributed by atoms with Crippen molar-refractivity contribution < 1.29 is 13.2 Å². The van der Waals surface area contributed by atoms with E-state index in [4.69, 9.17) is 23.2 Å². The van der Waals surface area contributed by atoms with E-state index in [0.29, 0.717) is 33.3 Å². The molecule has 0 spiro atoms. The molecule has 1 heterocycles. The van der Waals surface area contributed by atoms with E-state index in [2.05, 4.69) is 15.5 Å². The molecule has 1 aromatic heterocycles. The van der Waals surface area contributed by atoms with Gasteiger partial charge in [-0.25, -0.2) is 8.42 Å². The van der Waals surface area contributed by atoms with Gasteiger partial charge in [-0.05, 0) is 37.3 Å². The molecule has 7 nitrogen and oxygen atoms in total. The third-order valence-electron chi connectivity index (χ3n) is 4.01. The molecule has 1 N–H and O–H groups in total. The number of nitrogens with one attached hydrogen (secondary N) is 1. The molecule has 0 aliphatic heterocycles. The van der Waals surface area contributed by atoms with Crippen LogP contribution in [0.4, 0.5) is 5.69 Å². The van der Waals surface area contributed by atoms with Crippen molar-refractivity contribution in [3.8, 4) is 0 Å². The maximum atomic E-state index is 12.6. The second-order valence-corrected chi connectivity index (χ2v) is 10.0. The molecule has 11 heteroatoms. The van der Waals surface area contributed by atoms with Gasteiger partial charge in [0.15, 0.2) is 15.0 Å². The molecule has 0 aliphatic carbocycles. The van der Waals surface area contributed by atoms with Crippen LogP contribution in [0.2, 0.25) is 10.0 Å². The lowest BCUT2D eigenvalue weighted by Crippen LogP contribution is -2.15.